The zero-order chi connectivity index (χ0) is 14.0. The Kier molecular flexibility index (Phi) is 2.59. The summed E-state index contributed by atoms with van der Waals surface area (Å²) in [6.07, 6.45) is 6.47. The van der Waals surface area contributed by atoms with Gasteiger partial charge in [-0.1, -0.05) is 11.6 Å². The molecule has 1 aromatic carbocycles. The van der Waals surface area contributed by atoms with E-state index in [9.17, 15) is 0 Å². The second-order valence-electron chi connectivity index (χ2n) is 6.55. The van der Waals surface area contributed by atoms with Gasteiger partial charge in [0.05, 0.1) is 0 Å². The molecule has 3 nitrogen and oxygen atoms in total. The molecular formula is C16H20ClNO2. The number of hydrogen-bond donors (Lipinski definition) is 1. The van der Waals surface area contributed by atoms with Crippen molar-refractivity contribution in [3.63, 3.8) is 0 Å². The molecule has 2 N–H and O–H groups in total. The molecule has 2 fully saturated rings. The maximum atomic E-state index is 6.48. The lowest BCUT2D eigenvalue weighted by Gasteiger charge is -2.22. The van der Waals surface area contributed by atoms with Gasteiger partial charge >= 0.3 is 0 Å². The van der Waals surface area contributed by atoms with Crippen LogP contribution in [0, 0.1) is 0 Å². The van der Waals surface area contributed by atoms with E-state index in [1.807, 2.05) is 6.07 Å². The van der Waals surface area contributed by atoms with Gasteiger partial charge in [-0.25, -0.2) is 0 Å². The summed E-state index contributed by atoms with van der Waals surface area (Å²) in [5.41, 5.74) is 7.34. The van der Waals surface area contributed by atoms with Crippen LogP contribution in [0.15, 0.2) is 12.1 Å². The number of hydrogen-bond acceptors (Lipinski definition) is 3. The molecule has 4 heteroatoms. The third-order valence-electron chi connectivity index (χ3n) is 5.19. The van der Waals surface area contributed by atoms with E-state index in [1.165, 1.54) is 12.8 Å². The first-order valence-corrected chi connectivity index (χ1v) is 7.90. The summed E-state index contributed by atoms with van der Waals surface area (Å²) < 4.78 is 12.2. The highest BCUT2D eigenvalue weighted by atomic mass is 35.5. The Balaban J connectivity index is 1.73. The van der Waals surface area contributed by atoms with Crippen LogP contribution < -0.4 is 15.2 Å². The first kappa shape index (κ1) is 12.8. The fraction of sp³-hybridized carbons (Fsp3) is 0.625. The van der Waals surface area contributed by atoms with E-state index in [-0.39, 0.29) is 11.5 Å². The van der Waals surface area contributed by atoms with Crippen LogP contribution in [0.4, 0.5) is 0 Å². The lowest BCUT2D eigenvalue weighted by Crippen LogP contribution is -2.34. The minimum absolute atomic E-state index is 0.0426. The summed E-state index contributed by atoms with van der Waals surface area (Å²) in [5, 5.41) is 0.761. The number of ether oxygens (including phenoxy) is 2. The quantitative estimate of drug-likeness (QED) is 0.903. The fourth-order valence-electron chi connectivity index (χ4n) is 3.72. The molecule has 3 aliphatic rings. The molecule has 0 amide bonds. The van der Waals surface area contributed by atoms with E-state index in [2.05, 4.69) is 13.0 Å². The van der Waals surface area contributed by atoms with Crippen molar-refractivity contribution in [2.24, 2.45) is 5.73 Å². The molecule has 2 saturated carbocycles. The van der Waals surface area contributed by atoms with Crippen molar-refractivity contribution in [1.29, 1.82) is 0 Å². The molecule has 4 rings (SSSR count). The topological polar surface area (TPSA) is 44.5 Å². The van der Waals surface area contributed by atoms with Crippen molar-refractivity contribution in [2.45, 2.75) is 62.7 Å². The van der Waals surface area contributed by atoms with Gasteiger partial charge in [-0.15, -0.1) is 0 Å². The van der Waals surface area contributed by atoms with Gasteiger partial charge in [0.25, 0.3) is 5.79 Å². The van der Waals surface area contributed by atoms with Gasteiger partial charge in [0.2, 0.25) is 0 Å². The number of halogens is 1. The van der Waals surface area contributed by atoms with E-state index in [0.717, 1.165) is 47.8 Å². The second kappa shape index (κ2) is 4.05. The number of fused-ring (bicyclic) bond motifs is 1. The summed E-state index contributed by atoms with van der Waals surface area (Å²) in [6, 6.07) is 4.10. The highest BCUT2D eigenvalue weighted by molar-refractivity contribution is 6.31. The second-order valence-corrected chi connectivity index (χ2v) is 6.95. The zero-order valence-electron chi connectivity index (χ0n) is 11.7. The molecule has 20 heavy (non-hydrogen) atoms. The Hall–Kier alpha value is -0.930. The van der Waals surface area contributed by atoms with Crippen molar-refractivity contribution >= 4 is 11.6 Å². The minimum atomic E-state index is -0.421. The van der Waals surface area contributed by atoms with Crippen LogP contribution in [0.1, 0.15) is 51.0 Å². The van der Waals surface area contributed by atoms with Crippen molar-refractivity contribution in [2.75, 3.05) is 0 Å². The van der Waals surface area contributed by atoms with Crippen LogP contribution in [0.25, 0.3) is 0 Å². The summed E-state index contributed by atoms with van der Waals surface area (Å²) in [4.78, 5) is 0. The molecule has 1 spiro atoms. The normalized spacial score (nSPS) is 25.9. The first-order chi connectivity index (χ1) is 9.55. The van der Waals surface area contributed by atoms with Gasteiger partial charge < -0.3 is 15.2 Å². The maximum Gasteiger partial charge on any atom is 0.251 e. The number of rotatable bonds is 2. The van der Waals surface area contributed by atoms with Crippen molar-refractivity contribution in [3.05, 3.63) is 22.7 Å². The van der Waals surface area contributed by atoms with Gasteiger partial charge in [0.1, 0.15) is 0 Å². The first-order valence-electron chi connectivity index (χ1n) is 7.52. The summed E-state index contributed by atoms with van der Waals surface area (Å²) >= 11 is 6.48. The number of nitrogens with two attached hydrogens (primary N) is 1. The summed E-state index contributed by atoms with van der Waals surface area (Å²) in [6.45, 7) is 2.06. The molecule has 0 bridgehead atoms. The monoisotopic (exact) mass is 293 g/mol. The van der Waals surface area contributed by atoms with Crippen LogP contribution >= 0.6 is 11.6 Å². The summed E-state index contributed by atoms with van der Waals surface area (Å²) in [5.74, 6) is 1.22. The van der Waals surface area contributed by atoms with Crippen LogP contribution in [0.2, 0.25) is 5.02 Å². The maximum absolute atomic E-state index is 6.48. The molecule has 1 atom stereocenters. The molecule has 0 aromatic heterocycles. The highest BCUT2D eigenvalue weighted by Crippen LogP contribution is 2.56. The van der Waals surface area contributed by atoms with Crippen LogP contribution in [-0.2, 0) is 5.41 Å². The van der Waals surface area contributed by atoms with E-state index in [1.54, 1.807) is 0 Å². The predicted molar refractivity (Wildman–Crippen MR) is 78.5 cm³/mol. The van der Waals surface area contributed by atoms with E-state index < -0.39 is 5.79 Å². The summed E-state index contributed by atoms with van der Waals surface area (Å²) in [7, 11) is 0. The largest absolute Gasteiger partial charge is 0.448 e. The third-order valence-corrected chi connectivity index (χ3v) is 5.50. The molecule has 0 radical (unpaired) electrons. The minimum Gasteiger partial charge on any atom is -0.448 e. The van der Waals surface area contributed by atoms with E-state index in [0.29, 0.717) is 0 Å². The van der Waals surface area contributed by atoms with Crippen LogP contribution in [-0.4, -0.2) is 11.8 Å². The number of benzene rings is 1. The van der Waals surface area contributed by atoms with Gasteiger partial charge in [-0.05, 0) is 44.2 Å². The SMILES string of the molecule is CC(N)C1(c2cc3c(cc2Cl)OC2(CCCC2)O3)CC1. The Morgan fingerprint density at radius 3 is 2.25 bits per heavy atom. The van der Waals surface area contributed by atoms with E-state index >= 15 is 0 Å². The average Bonchev–Trinajstić information content (AvgIpc) is 2.98. The average molecular weight is 294 g/mol. The standard InChI is InChI=1S/C16H20ClNO2/c1-10(18)15(6-7-15)11-8-13-14(9-12(11)17)20-16(19-13)4-2-3-5-16/h8-10H,2-7,18H2,1H3. The lowest BCUT2D eigenvalue weighted by atomic mass is 9.89. The molecular weight excluding hydrogens is 274 g/mol. The molecule has 1 heterocycles. The third kappa shape index (κ3) is 1.69. The Morgan fingerprint density at radius 1 is 1.10 bits per heavy atom. The van der Waals surface area contributed by atoms with Gasteiger partial charge in [-0.3, -0.25) is 0 Å². The Labute approximate surface area is 124 Å². The van der Waals surface area contributed by atoms with Gasteiger partial charge in [0.15, 0.2) is 11.5 Å². The smallest absolute Gasteiger partial charge is 0.251 e. The van der Waals surface area contributed by atoms with Crippen molar-refractivity contribution in [1.82, 2.24) is 0 Å². The van der Waals surface area contributed by atoms with Gasteiger partial charge in [0, 0.05) is 35.4 Å². The van der Waals surface area contributed by atoms with Crippen LogP contribution in [0.5, 0.6) is 11.5 Å². The molecule has 108 valence electrons. The molecule has 1 aliphatic heterocycles. The van der Waals surface area contributed by atoms with Crippen molar-refractivity contribution < 1.29 is 9.47 Å². The van der Waals surface area contributed by atoms with Gasteiger partial charge in [-0.2, -0.15) is 0 Å². The molecule has 0 saturated heterocycles. The molecule has 1 unspecified atom stereocenters. The van der Waals surface area contributed by atoms with Crippen LogP contribution in [0.3, 0.4) is 0 Å². The fourth-order valence-corrected chi connectivity index (χ4v) is 4.06. The highest BCUT2D eigenvalue weighted by Gasteiger charge is 2.50. The molecule has 2 aliphatic carbocycles. The zero-order valence-corrected chi connectivity index (χ0v) is 12.5. The lowest BCUT2D eigenvalue weighted by molar-refractivity contribution is -0.0716. The Bertz CT molecular complexity index is 560. The van der Waals surface area contributed by atoms with E-state index in [4.69, 9.17) is 26.8 Å². The Morgan fingerprint density at radius 2 is 1.70 bits per heavy atom. The van der Waals surface area contributed by atoms with Crippen molar-refractivity contribution in [3.8, 4) is 11.5 Å². The predicted octanol–water partition coefficient (Wildman–Crippen LogP) is 3.76. The molecule has 1 aromatic rings.